The molecule has 2 aliphatic heterocycles. The van der Waals surface area contributed by atoms with E-state index in [2.05, 4.69) is 15.6 Å². The second-order valence-electron chi connectivity index (χ2n) is 8.72. The van der Waals surface area contributed by atoms with Gasteiger partial charge in [-0.25, -0.2) is 4.68 Å². The van der Waals surface area contributed by atoms with Crippen LogP contribution in [0.3, 0.4) is 0 Å². The Bertz CT molecular complexity index is 936. The summed E-state index contributed by atoms with van der Waals surface area (Å²) in [5, 5.41) is 11.4. The van der Waals surface area contributed by atoms with E-state index < -0.39 is 18.3 Å². The number of amides is 1. The van der Waals surface area contributed by atoms with Crippen LogP contribution in [0.4, 0.5) is 19.0 Å². The molecule has 3 atom stereocenters. The number of nitrogens with zero attached hydrogens (tertiary/aromatic N) is 4. The molecule has 31 heavy (non-hydrogen) atoms. The second kappa shape index (κ2) is 8.20. The van der Waals surface area contributed by atoms with Crippen molar-refractivity contribution in [2.24, 2.45) is 0 Å². The maximum absolute atomic E-state index is 13.7. The highest BCUT2D eigenvalue weighted by molar-refractivity contribution is 5.92. The van der Waals surface area contributed by atoms with E-state index in [9.17, 15) is 18.0 Å². The third-order valence-electron chi connectivity index (χ3n) is 6.20. The number of halogens is 3. The molecule has 0 bridgehead atoms. The molecule has 2 aromatic heterocycles. The van der Waals surface area contributed by atoms with E-state index in [0.29, 0.717) is 36.7 Å². The Morgan fingerprint density at radius 3 is 2.74 bits per heavy atom. The molecule has 2 aromatic rings. The van der Waals surface area contributed by atoms with Crippen molar-refractivity contribution >= 4 is 11.7 Å². The molecular weight excluding hydrogens is 411 g/mol. The average molecular weight is 439 g/mol. The summed E-state index contributed by atoms with van der Waals surface area (Å²) in [4.78, 5) is 14.8. The molecular formula is C21H28F3N5O2. The number of likely N-dealkylation sites (tertiary alicyclic amines) is 1. The number of carbonyl (C=O) groups excluding carboxylic acids is 1. The van der Waals surface area contributed by atoms with Gasteiger partial charge in [-0.15, -0.1) is 0 Å². The Hall–Kier alpha value is -2.52. The van der Waals surface area contributed by atoms with Gasteiger partial charge in [-0.3, -0.25) is 4.79 Å². The van der Waals surface area contributed by atoms with E-state index in [1.54, 1.807) is 17.0 Å². The highest BCUT2D eigenvalue weighted by Gasteiger charge is 2.46. The van der Waals surface area contributed by atoms with Gasteiger partial charge in [0.25, 0.3) is 5.91 Å². The van der Waals surface area contributed by atoms with Gasteiger partial charge in [0, 0.05) is 30.6 Å². The zero-order valence-corrected chi connectivity index (χ0v) is 17.9. The Balaban J connectivity index is 1.64. The van der Waals surface area contributed by atoms with Crippen LogP contribution in [0.5, 0.6) is 0 Å². The highest BCUT2D eigenvalue weighted by atomic mass is 19.4. The van der Waals surface area contributed by atoms with Gasteiger partial charge in [0.15, 0.2) is 11.7 Å². The molecule has 1 saturated heterocycles. The van der Waals surface area contributed by atoms with Crippen LogP contribution >= 0.6 is 0 Å². The van der Waals surface area contributed by atoms with Crippen molar-refractivity contribution < 1.29 is 22.5 Å². The molecule has 4 heterocycles. The summed E-state index contributed by atoms with van der Waals surface area (Å²) in [7, 11) is 0. The predicted molar refractivity (Wildman–Crippen MR) is 108 cm³/mol. The average Bonchev–Trinajstić information content (AvgIpc) is 3.39. The number of alkyl halides is 3. The van der Waals surface area contributed by atoms with Crippen LogP contribution in [0, 0.1) is 0 Å². The molecule has 7 nitrogen and oxygen atoms in total. The van der Waals surface area contributed by atoms with Crippen LogP contribution in [0.2, 0.25) is 0 Å². The number of carbonyl (C=O) groups is 1. The Morgan fingerprint density at radius 2 is 2.10 bits per heavy atom. The van der Waals surface area contributed by atoms with Crippen LogP contribution in [0.25, 0.3) is 0 Å². The zero-order chi connectivity index (χ0) is 22.3. The molecule has 170 valence electrons. The lowest BCUT2D eigenvalue weighted by Crippen LogP contribution is -2.40. The van der Waals surface area contributed by atoms with Crippen molar-refractivity contribution in [2.45, 2.75) is 83.1 Å². The lowest BCUT2D eigenvalue weighted by molar-refractivity contribution is -0.173. The molecule has 1 unspecified atom stereocenters. The quantitative estimate of drug-likeness (QED) is 0.721. The highest BCUT2D eigenvalue weighted by Crippen LogP contribution is 2.42. The van der Waals surface area contributed by atoms with E-state index >= 15 is 0 Å². The van der Waals surface area contributed by atoms with Crippen molar-refractivity contribution in [3.63, 3.8) is 0 Å². The van der Waals surface area contributed by atoms with Gasteiger partial charge in [-0.1, -0.05) is 25.9 Å². The second-order valence-corrected chi connectivity index (χ2v) is 8.72. The van der Waals surface area contributed by atoms with E-state index in [1.165, 1.54) is 0 Å². The van der Waals surface area contributed by atoms with E-state index in [0.717, 1.165) is 17.5 Å². The third kappa shape index (κ3) is 4.16. The van der Waals surface area contributed by atoms with Gasteiger partial charge in [-0.2, -0.15) is 18.3 Å². The zero-order valence-electron chi connectivity index (χ0n) is 17.9. The summed E-state index contributed by atoms with van der Waals surface area (Å²) in [6.45, 7) is 6.26. The van der Waals surface area contributed by atoms with Gasteiger partial charge in [0.2, 0.25) is 0 Å². The largest absolute Gasteiger partial charge is 0.410 e. The number of aromatic nitrogens is 3. The maximum Gasteiger partial charge on any atom is 0.410 e. The van der Waals surface area contributed by atoms with Crippen LogP contribution in [0.15, 0.2) is 16.7 Å². The fourth-order valence-electron chi connectivity index (χ4n) is 4.39. The van der Waals surface area contributed by atoms with Gasteiger partial charge >= 0.3 is 6.18 Å². The monoisotopic (exact) mass is 439 g/mol. The minimum atomic E-state index is -4.39. The standard InChI is InChI=1S/C21H28F3N5O2/c1-4-13-9-18(21(22,23)24)29-19(25-13)11-14(26-29)16-7-5-6-8-28(16)20(30)15-10-17(12(2)3)31-27-15/h10-13,16,18,25H,4-9H2,1-3H3/t13-,16?,18-/m1/s1. The SMILES string of the molecule is CC[C@@H]1C[C@H](C(F)(F)F)n2nc(C3CCCCN3C(=O)c3cc(C(C)C)on3)cc2N1. The van der Waals surface area contributed by atoms with Crippen molar-refractivity contribution in [1.29, 1.82) is 0 Å². The summed E-state index contributed by atoms with van der Waals surface area (Å²) < 4.78 is 47.4. The number of fused-ring (bicyclic) bond motifs is 1. The first kappa shape index (κ1) is 21.7. The van der Waals surface area contributed by atoms with Crippen molar-refractivity contribution in [1.82, 2.24) is 19.8 Å². The number of rotatable bonds is 4. The number of hydrogen-bond acceptors (Lipinski definition) is 5. The molecule has 0 aromatic carbocycles. The molecule has 1 amide bonds. The van der Waals surface area contributed by atoms with Gasteiger partial charge < -0.3 is 14.7 Å². The van der Waals surface area contributed by atoms with Crippen LogP contribution < -0.4 is 5.32 Å². The Kier molecular flexibility index (Phi) is 5.74. The summed E-state index contributed by atoms with van der Waals surface area (Å²) in [6, 6.07) is 0.981. The normalized spacial score (nSPS) is 24.2. The van der Waals surface area contributed by atoms with Crippen molar-refractivity contribution in [3.8, 4) is 0 Å². The van der Waals surface area contributed by atoms with Crippen LogP contribution in [-0.4, -0.2) is 44.5 Å². The molecule has 0 aliphatic carbocycles. The Labute approximate surface area is 178 Å². The molecule has 0 spiro atoms. The fourth-order valence-corrected chi connectivity index (χ4v) is 4.39. The predicted octanol–water partition coefficient (Wildman–Crippen LogP) is 5.06. The van der Waals surface area contributed by atoms with Crippen molar-refractivity contribution in [3.05, 3.63) is 29.3 Å². The summed E-state index contributed by atoms with van der Waals surface area (Å²) >= 11 is 0. The fraction of sp³-hybridized carbons (Fsp3) is 0.667. The van der Waals surface area contributed by atoms with E-state index in [1.807, 2.05) is 20.8 Å². The van der Waals surface area contributed by atoms with Crippen molar-refractivity contribution in [2.75, 3.05) is 11.9 Å². The molecule has 0 radical (unpaired) electrons. The molecule has 10 heteroatoms. The smallest absolute Gasteiger partial charge is 0.367 e. The number of hydrogen-bond donors (Lipinski definition) is 1. The first-order chi connectivity index (χ1) is 14.7. The Morgan fingerprint density at radius 1 is 1.32 bits per heavy atom. The van der Waals surface area contributed by atoms with Crippen LogP contribution in [-0.2, 0) is 0 Å². The summed E-state index contributed by atoms with van der Waals surface area (Å²) in [5.74, 6) is 0.801. The minimum Gasteiger partial charge on any atom is -0.367 e. The first-order valence-corrected chi connectivity index (χ1v) is 10.9. The lowest BCUT2D eigenvalue weighted by Gasteiger charge is -2.34. The number of anilines is 1. The van der Waals surface area contributed by atoms with Crippen LogP contribution in [0.1, 0.15) is 92.8 Å². The molecule has 2 aliphatic rings. The number of piperidine rings is 1. The topological polar surface area (TPSA) is 76.2 Å². The number of nitrogens with one attached hydrogen (secondary N) is 1. The van der Waals surface area contributed by atoms with E-state index in [4.69, 9.17) is 4.52 Å². The molecule has 1 fully saturated rings. The molecule has 0 saturated carbocycles. The first-order valence-electron chi connectivity index (χ1n) is 10.9. The molecule has 4 rings (SSSR count). The summed E-state index contributed by atoms with van der Waals surface area (Å²) in [6.07, 6.45) is -1.51. The molecule has 1 N–H and O–H groups in total. The van der Waals surface area contributed by atoms with E-state index in [-0.39, 0.29) is 30.0 Å². The minimum absolute atomic E-state index is 0.0572. The lowest BCUT2D eigenvalue weighted by atomic mass is 9.98. The maximum atomic E-state index is 13.7. The van der Waals surface area contributed by atoms with Gasteiger partial charge in [0.1, 0.15) is 11.6 Å². The summed E-state index contributed by atoms with van der Waals surface area (Å²) in [5.41, 5.74) is 0.700. The van der Waals surface area contributed by atoms with Gasteiger partial charge in [0.05, 0.1) is 11.7 Å². The van der Waals surface area contributed by atoms with Gasteiger partial charge in [-0.05, 0) is 32.1 Å². The third-order valence-corrected chi connectivity index (χ3v) is 6.20.